The summed E-state index contributed by atoms with van der Waals surface area (Å²) in [4.78, 5) is 11.4. The zero-order chi connectivity index (χ0) is 19.3. The lowest BCUT2D eigenvalue weighted by Crippen LogP contribution is -2.42. The van der Waals surface area contributed by atoms with Gasteiger partial charge in [-0.25, -0.2) is 0 Å². The highest BCUT2D eigenvalue weighted by Crippen LogP contribution is 2.37. The maximum absolute atomic E-state index is 11.4. The van der Waals surface area contributed by atoms with Crippen LogP contribution < -0.4 is 20.5 Å². The van der Waals surface area contributed by atoms with Gasteiger partial charge in [0, 0.05) is 6.04 Å². The molecule has 1 saturated carbocycles. The van der Waals surface area contributed by atoms with Crippen LogP contribution in [-0.2, 0) is 11.2 Å². The smallest absolute Gasteiger partial charge is 0.233 e. The molecule has 6 heteroatoms. The summed E-state index contributed by atoms with van der Waals surface area (Å²) >= 11 is 0. The Morgan fingerprint density at radius 2 is 1.83 bits per heavy atom. The van der Waals surface area contributed by atoms with Crippen LogP contribution in [0.4, 0.5) is 0 Å². The normalized spacial score (nSPS) is 23.1. The number of hydrogen-bond acceptors (Lipinski definition) is 4. The summed E-state index contributed by atoms with van der Waals surface area (Å²) in [5.41, 5.74) is 7.81. The van der Waals surface area contributed by atoms with Crippen molar-refractivity contribution >= 4 is 18.3 Å². The first-order valence-electron chi connectivity index (χ1n) is 10.2. The predicted octanol–water partition coefficient (Wildman–Crippen LogP) is 3.94. The number of rotatable bonds is 5. The van der Waals surface area contributed by atoms with E-state index in [1.807, 2.05) is 18.2 Å². The highest BCUT2D eigenvalue weighted by Gasteiger charge is 2.25. The summed E-state index contributed by atoms with van der Waals surface area (Å²) in [6.45, 7) is 0.0543. The van der Waals surface area contributed by atoms with Crippen LogP contribution in [0.15, 0.2) is 48.5 Å². The van der Waals surface area contributed by atoms with Crippen molar-refractivity contribution < 1.29 is 14.3 Å². The van der Waals surface area contributed by atoms with Gasteiger partial charge in [-0.05, 0) is 67.9 Å². The van der Waals surface area contributed by atoms with Crippen LogP contribution in [0.1, 0.15) is 49.3 Å². The standard InChI is InChI=1S/C23H28N2O3.ClH/c24-15-23(26)25-18-7-9-19(10-8-18)27-20-11-13-22-17(14-20)6-12-21(28-22)16-4-2-1-3-5-16;/h1-5,11,13-14,18-19,21H,6-10,12,15,24H2,(H,25,26);1H/t18?,19?,21-;/m0./s1. The second-order valence-electron chi connectivity index (χ2n) is 7.69. The molecule has 156 valence electrons. The van der Waals surface area contributed by atoms with Gasteiger partial charge in [-0.1, -0.05) is 30.3 Å². The van der Waals surface area contributed by atoms with Crippen LogP contribution in [0.25, 0.3) is 0 Å². The Hall–Kier alpha value is -2.24. The highest BCUT2D eigenvalue weighted by atomic mass is 35.5. The SMILES string of the molecule is Cl.NCC(=O)NC1CCC(Oc2ccc3c(c2)CC[C@@H](c2ccccc2)O3)CC1. The van der Waals surface area contributed by atoms with E-state index in [9.17, 15) is 4.79 Å². The molecule has 0 aromatic heterocycles. The van der Waals surface area contributed by atoms with E-state index in [0.29, 0.717) is 0 Å². The fraction of sp³-hybridized carbons (Fsp3) is 0.435. The molecular formula is C23H29ClN2O3. The third-order valence-electron chi connectivity index (χ3n) is 5.68. The first-order valence-corrected chi connectivity index (χ1v) is 10.2. The molecule has 5 nitrogen and oxygen atoms in total. The van der Waals surface area contributed by atoms with E-state index in [1.165, 1.54) is 11.1 Å². The first-order chi connectivity index (χ1) is 13.7. The van der Waals surface area contributed by atoms with Crippen LogP contribution >= 0.6 is 12.4 Å². The molecule has 2 aromatic rings. The van der Waals surface area contributed by atoms with Crippen LogP contribution in [0.5, 0.6) is 11.5 Å². The van der Waals surface area contributed by atoms with Gasteiger partial charge in [0.2, 0.25) is 5.91 Å². The number of halogens is 1. The Morgan fingerprint density at radius 3 is 2.55 bits per heavy atom. The Balaban J connectivity index is 0.00000240. The maximum Gasteiger partial charge on any atom is 0.233 e. The monoisotopic (exact) mass is 416 g/mol. The van der Waals surface area contributed by atoms with Gasteiger partial charge < -0.3 is 20.5 Å². The summed E-state index contributed by atoms with van der Waals surface area (Å²) in [5.74, 6) is 1.79. The predicted molar refractivity (Wildman–Crippen MR) is 116 cm³/mol. The third-order valence-corrected chi connectivity index (χ3v) is 5.68. The van der Waals surface area contributed by atoms with Crippen LogP contribution in [-0.4, -0.2) is 24.6 Å². The fourth-order valence-electron chi connectivity index (χ4n) is 4.14. The number of hydrogen-bond donors (Lipinski definition) is 2. The molecule has 29 heavy (non-hydrogen) atoms. The van der Waals surface area contributed by atoms with Gasteiger partial charge in [-0.15, -0.1) is 12.4 Å². The fourth-order valence-corrected chi connectivity index (χ4v) is 4.14. The number of ether oxygens (including phenoxy) is 2. The summed E-state index contributed by atoms with van der Waals surface area (Å²) in [6, 6.07) is 16.8. The third kappa shape index (κ3) is 5.43. The minimum Gasteiger partial charge on any atom is -0.490 e. The van der Waals surface area contributed by atoms with Gasteiger partial charge >= 0.3 is 0 Å². The topological polar surface area (TPSA) is 73.6 Å². The lowest BCUT2D eigenvalue weighted by Gasteiger charge is -2.30. The Kier molecular flexibility index (Phi) is 7.40. The minimum absolute atomic E-state index is 0. The van der Waals surface area contributed by atoms with Crippen molar-refractivity contribution in [3.8, 4) is 11.5 Å². The molecule has 3 N–H and O–H groups in total. The lowest BCUT2D eigenvalue weighted by molar-refractivity contribution is -0.120. The number of carbonyl (C=O) groups is 1. The Bertz CT molecular complexity index is 807. The van der Waals surface area contributed by atoms with Crippen LogP contribution in [0, 0.1) is 0 Å². The molecule has 2 aliphatic rings. The van der Waals surface area contributed by atoms with Crippen LogP contribution in [0.2, 0.25) is 0 Å². The van der Waals surface area contributed by atoms with E-state index in [2.05, 4.69) is 35.6 Å². The molecular weight excluding hydrogens is 388 g/mol. The van der Waals surface area contributed by atoms with E-state index in [4.69, 9.17) is 15.2 Å². The first kappa shape index (κ1) is 21.5. The molecule has 0 spiro atoms. The molecule has 2 aromatic carbocycles. The Labute approximate surface area is 178 Å². The number of fused-ring (bicyclic) bond motifs is 1. The molecule has 4 rings (SSSR count). The number of nitrogens with two attached hydrogens (primary N) is 1. The molecule has 1 fully saturated rings. The summed E-state index contributed by atoms with van der Waals surface area (Å²) < 4.78 is 12.4. The molecule has 1 amide bonds. The Morgan fingerprint density at radius 1 is 1.07 bits per heavy atom. The van der Waals surface area contributed by atoms with E-state index in [1.54, 1.807) is 0 Å². The molecule has 1 atom stereocenters. The molecule has 1 heterocycles. The largest absolute Gasteiger partial charge is 0.490 e. The molecule has 0 saturated heterocycles. The van der Waals surface area contributed by atoms with Gasteiger partial charge in [0.15, 0.2) is 0 Å². The van der Waals surface area contributed by atoms with Gasteiger partial charge in [0.25, 0.3) is 0 Å². The number of benzene rings is 2. The van der Waals surface area contributed by atoms with Crippen LogP contribution in [0.3, 0.4) is 0 Å². The number of nitrogens with one attached hydrogen (secondary N) is 1. The van der Waals surface area contributed by atoms with Crippen molar-refractivity contribution in [2.75, 3.05) is 6.54 Å². The highest BCUT2D eigenvalue weighted by molar-refractivity contribution is 5.85. The van der Waals surface area contributed by atoms with E-state index in [0.717, 1.165) is 50.0 Å². The average molecular weight is 417 g/mol. The van der Waals surface area contributed by atoms with E-state index in [-0.39, 0.29) is 43.1 Å². The number of carbonyl (C=O) groups excluding carboxylic acids is 1. The minimum atomic E-state index is -0.0761. The van der Waals surface area contributed by atoms with E-state index < -0.39 is 0 Å². The van der Waals surface area contributed by atoms with Gasteiger partial charge in [-0.3, -0.25) is 4.79 Å². The second-order valence-corrected chi connectivity index (χ2v) is 7.69. The molecule has 1 aliphatic heterocycles. The van der Waals surface area contributed by atoms with Crippen molar-refractivity contribution in [3.63, 3.8) is 0 Å². The van der Waals surface area contributed by atoms with Gasteiger partial charge in [0.1, 0.15) is 17.6 Å². The average Bonchev–Trinajstić information content (AvgIpc) is 2.75. The lowest BCUT2D eigenvalue weighted by atomic mass is 9.92. The van der Waals surface area contributed by atoms with Gasteiger partial charge in [-0.2, -0.15) is 0 Å². The van der Waals surface area contributed by atoms with Crippen molar-refractivity contribution in [3.05, 3.63) is 59.7 Å². The maximum atomic E-state index is 11.4. The van der Waals surface area contributed by atoms with Gasteiger partial charge in [0.05, 0.1) is 12.6 Å². The quantitative estimate of drug-likeness (QED) is 0.774. The summed E-state index contributed by atoms with van der Waals surface area (Å²) in [7, 11) is 0. The zero-order valence-corrected chi connectivity index (χ0v) is 17.3. The number of aryl methyl sites for hydroxylation is 1. The number of amides is 1. The van der Waals surface area contributed by atoms with Crippen molar-refractivity contribution in [1.29, 1.82) is 0 Å². The summed E-state index contributed by atoms with van der Waals surface area (Å²) in [6.07, 6.45) is 6.05. The summed E-state index contributed by atoms with van der Waals surface area (Å²) in [5, 5.41) is 2.98. The van der Waals surface area contributed by atoms with Crippen molar-refractivity contribution in [2.24, 2.45) is 5.73 Å². The second kappa shape index (κ2) is 9.99. The van der Waals surface area contributed by atoms with Crippen molar-refractivity contribution in [1.82, 2.24) is 5.32 Å². The van der Waals surface area contributed by atoms with E-state index >= 15 is 0 Å². The molecule has 0 bridgehead atoms. The molecule has 0 radical (unpaired) electrons. The zero-order valence-electron chi connectivity index (χ0n) is 16.5. The molecule has 1 aliphatic carbocycles. The molecule has 0 unspecified atom stereocenters. The van der Waals surface area contributed by atoms with Crippen molar-refractivity contribution in [2.45, 2.75) is 56.8 Å².